The molecule has 0 rings (SSSR count). The van der Waals surface area contributed by atoms with E-state index in [0.29, 0.717) is 6.42 Å². The number of rotatable bonds is 31. The number of nitrogens with one attached hydrogen (secondary N) is 1. The Morgan fingerprint density at radius 3 is 1.33 bits per heavy atom. The first-order valence-corrected chi connectivity index (χ1v) is 17.4. The molecule has 232 valence electrons. The number of allylic oxidation sites excluding steroid dienone is 1. The van der Waals surface area contributed by atoms with E-state index >= 15 is 0 Å². The number of carbonyl (C=O) groups is 1. The summed E-state index contributed by atoms with van der Waals surface area (Å²) in [5, 5.41) is 22.8. The SMILES string of the molecule is CCCCCCCCCCCCCCCCCCC/C=C/C(O)C(CO)NC(=O)CCCCCCCCCC. The van der Waals surface area contributed by atoms with Gasteiger partial charge in [-0.15, -0.1) is 0 Å². The van der Waals surface area contributed by atoms with Gasteiger partial charge in [-0.25, -0.2) is 0 Å². The molecule has 2 unspecified atom stereocenters. The van der Waals surface area contributed by atoms with Gasteiger partial charge in [-0.05, 0) is 19.3 Å². The number of carbonyl (C=O) groups excluding carboxylic acids is 1. The molecule has 0 aromatic rings. The van der Waals surface area contributed by atoms with Gasteiger partial charge in [-0.3, -0.25) is 4.79 Å². The van der Waals surface area contributed by atoms with Crippen molar-refractivity contribution < 1.29 is 15.0 Å². The summed E-state index contributed by atoms with van der Waals surface area (Å²) in [4.78, 5) is 12.2. The van der Waals surface area contributed by atoms with Gasteiger partial charge in [0.15, 0.2) is 0 Å². The molecule has 0 aromatic heterocycles. The first kappa shape index (κ1) is 38.1. The van der Waals surface area contributed by atoms with Gasteiger partial charge >= 0.3 is 0 Å². The highest BCUT2D eigenvalue weighted by Crippen LogP contribution is 2.15. The molecule has 0 saturated heterocycles. The highest BCUT2D eigenvalue weighted by molar-refractivity contribution is 5.76. The van der Waals surface area contributed by atoms with Crippen LogP contribution in [0.25, 0.3) is 0 Å². The maximum absolute atomic E-state index is 12.2. The van der Waals surface area contributed by atoms with Crippen LogP contribution in [0.1, 0.15) is 187 Å². The first-order chi connectivity index (χ1) is 19.2. The van der Waals surface area contributed by atoms with Crippen LogP contribution in [-0.2, 0) is 4.79 Å². The Balaban J connectivity index is 3.56. The van der Waals surface area contributed by atoms with Gasteiger partial charge in [0.05, 0.1) is 18.8 Å². The van der Waals surface area contributed by atoms with Crippen LogP contribution < -0.4 is 5.32 Å². The third kappa shape index (κ3) is 28.5. The number of hydrogen-bond acceptors (Lipinski definition) is 3. The van der Waals surface area contributed by atoms with E-state index in [9.17, 15) is 15.0 Å². The van der Waals surface area contributed by atoms with Crippen molar-refractivity contribution in [1.82, 2.24) is 5.32 Å². The van der Waals surface area contributed by atoms with Crippen molar-refractivity contribution in [3.05, 3.63) is 12.2 Å². The van der Waals surface area contributed by atoms with E-state index in [4.69, 9.17) is 0 Å². The second-order valence-corrected chi connectivity index (χ2v) is 11.9. The molecular formula is C35H69NO3. The third-order valence-electron chi connectivity index (χ3n) is 8.02. The molecule has 0 aliphatic rings. The zero-order valence-corrected chi connectivity index (χ0v) is 26.4. The average molecular weight is 552 g/mol. The molecule has 2 atom stereocenters. The third-order valence-corrected chi connectivity index (χ3v) is 8.02. The smallest absolute Gasteiger partial charge is 0.220 e. The Morgan fingerprint density at radius 2 is 0.949 bits per heavy atom. The van der Waals surface area contributed by atoms with Crippen LogP contribution in [-0.4, -0.2) is 34.9 Å². The van der Waals surface area contributed by atoms with Gasteiger partial charge in [-0.1, -0.05) is 174 Å². The molecule has 0 fully saturated rings. The summed E-state index contributed by atoms with van der Waals surface area (Å²) in [5.41, 5.74) is 0. The lowest BCUT2D eigenvalue weighted by Crippen LogP contribution is -2.45. The number of unbranched alkanes of at least 4 members (excludes halogenated alkanes) is 24. The minimum absolute atomic E-state index is 0.0688. The first-order valence-electron chi connectivity index (χ1n) is 17.4. The molecule has 0 spiro atoms. The van der Waals surface area contributed by atoms with Crippen LogP contribution >= 0.6 is 0 Å². The van der Waals surface area contributed by atoms with E-state index in [0.717, 1.165) is 25.7 Å². The van der Waals surface area contributed by atoms with Crippen molar-refractivity contribution in [2.45, 2.75) is 199 Å². The highest BCUT2D eigenvalue weighted by atomic mass is 16.3. The molecule has 0 bridgehead atoms. The Bertz CT molecular complexity index is 522. The summed E-state index contributed by atoms with van der Waals surface area (Å²) in [7, 11) is 0. The molecule has 4 nitrogen and oxygen atoms in total. The minimum atomic E-state index is -0.830. The number of aliphatic hydroxyl groups is 2. The molecule has 0 aromatic carbocycles. The van der Waals surface area contributed by atoms with Crippen LogP contribution in [0.2, 0.25) is 0 Å². The van der Waals surface area contributed by atoms with E-state index in [1.807, 2.05) is 6.08 Å². The van der Waals surface area contributed by atoms with Crippen molar-refractivity contribution in [3.63, 3.8) is 0 Å². The molecule has 39 heavy (non-hydrogen) atoms. The predicted molar refractivity (Wildman–Crippen MR) is 170 cm³/mol. The van der Waals surface area contributed by atoms with Crippen molar-refractivity contribution in [3.8, 4) is 0 Å². The summed E-state index contributed by atoms with van der Waals surface area (Å²) in [6.45, 7) is 4.27. The lowest BCUT2D eigenvalue weighted by molar-refractivity contribution is -0.123. The number of hydrogen-bond donors (Lipinski definition) is 3. The summed E-state index contributed by atoms with van der Waals surface area (Å²) in [6.07, 6.45) is 37.3. The van der Waals surface area contributed by atoms with Gasteiger partial charge in [0.2, 0.25) is 5.91 Å². The quantitative estimate of drug-likeness (QED) is 0.0593. The van der Waals surface area contributed by atoms with Gasteiger partial charge < -0.3 is 15.5 Å². The molecule has 0 heterocycles. The zero-order chi connectivity index (χ0) is 28.7. The van der Waals surface area contributed by atoms with E-state index in [-0.39, 0.29) is 12.5 Å². The molecule has 1 amide bonds. The summed E-state index contributed by atoms with van der Waals surface area (Å²) in [6, 6.07) is -0.613. The summed E-state index contributed by atoms with van der Waals surface area (Å²) < 4.78 is 0. The second kappa shape index (κ2) is 31.7. The van der Waals surface area contributed by atoms with Crippen molar-refractivity contribution in [2.75, 3.05) is 6.61 Å². The largest absolute Gasteiger partial charge is 0.394 e. The number of amides is 1. The zero-order valence-electron chi connectivity index (χ0n) is 26.4. The maximum atomic E-state index is 12.2. The van der Waals surface area contributed by atoms with Gasteiger partial charge in [0.1, 0.15) is 0 Å². The Labute approximate surface area is 244 Å². The van der Waals surface area contributed by atoms with Gasteiger partial charge in [0.25, 0.3) is 0 Å². The molecule has 0 saturated carbocycles. The highest BCUT2D eigenvalue weighted by Gasteiger charge is 2.17. The fraction of sp³-hybridized carbons (Fsp3) is 0.914. The Hall–Kier alpha value is -0.870. The fourth-order valence-electron chi connectivity index (χ4n) is 5.29. The fourth-order valence-corrected chi connectivity index (χ4v) is 5.29. The maximum Gasteiger partial charge on any atom is 0.220 e. The predicted octanol–water partition coefficient (Wildman–Crippen LogP) is 9.95. The summed E-state index contributed by atoms with van der Waals surface area (Å²) >= 11 is 0. The molecular weight excluding hydrogens is 482 g/mol. The minimum Gasteiger partial charge on any atom is -0.394 e. The van der Waals surface area contributed by atoms with Crippen LogP contribution in [0.5, 0.6) is 0 Å². The van der Waals surface area contributed by atoms with Gasteiger partial charge in [0, 0.05) is 6.42 Å². The number of aliphatic hydroxyl groups excluding tert-OH is 2. The van der Waals surface area contributed by atoms with E-state index < -0.39 is 12.1 Å². The molecule has 0 aliphatic carbocycles. The van der Waals surface area contributed by atoms with Crippen molar-refractivity contribution in [1.29, 1.82) is 0 Å². The lowest BCUT2D eigenvalue weighted by atomic mass is 10.0. The normalized spacial score (nSPS) is 13.2. The van der Waals surface area contributed by atoms with Crippen LogP contribution in [0.4, 0.5) is 0 Å². The van der Waals surface area contributed by atoms with E-state index in [1.165, 1.54) is 141 Å². The molecule has 3 N–H and O–H groups in total. The van der Waals surface area contributed by atoms with E-state index in [1.54, 1.807) is 6.08 Å². The lowest BCUT2D eigenvalue weighted by Gasteiger charge is -2.20. The van der Waals surface area contributed by atoms with Crippen LogP contribution in [0.15, 0.2) is 12.2 Å². The molecule has 0 radical (unpaired) electrons. The second-order valence-electron chi connectivity index (χ2n) is 11.9. The Morgan fingerprint density at radius 1 is 0.590 bits per heavy atom. The van der Waals surface area contributed by atoms with Gasteiger partial charge in [-0.2, -0.15) is 0 Å². The monoisotopic (exact) mass is 552 g/mol. The van der Waals surface area contributed by atoms with Crippen molar-refractivity contribution in [2.24, 2.45) is 0 Å². The average Bonchev–Trinajstić information content (AvgIpc) is 2.94. The molecule has 4 heteroatoms. The van der Waals surface area contributed by atoms with Crippen LogP contribution in [0.3, 0.4) is 0 Å². The summed E-state index contributed by atoms with van der Waals surface area (Å²) in [5.74, 6) is -0.0688. The van der Waals surface area contributed by atoms with E-state index in [2.05, 4.69) is 19.2 Å². The standard InChI is InChI=1S/C35H69NO3/c1-3-5-7-9-11-13-14-15-16-17-18-19-20-21-22-23-24-26-28-30-34(38)33(32-37)36-35(39)31-29-27-25-12-10-8-6-4-2/h28,30,33-34,37-38H,3-27,29,31-32H2,1-2H3,(H,36,39)/b30-28+. The Kier molecular flexibility index (Phi) is 30.9. The topological polar surface area (TPSA) is 69.6 Å². The van der Waals surface area contributed by atoms with Crippen LogP contribution in [0, 0.1) is 0 Å². The molecule has 0 aliphatic heterocycles. The van der Waals surface area contributed by atoms with Crippen molar-refractivity contribution >= 4 is 5.91 Å².